The Morgan fingerprint density at radius 3 is 2.06 bits per heavy atom. The monoisotopic (exact) mass is 471 g/mol. The van der Waals surface area contributed by atoms with Gasteiger partial charge in [-0.3, -0.25) is 19.2 Å². The lowest BCUT2D eigenvalue weighted by atomic mass is 9.77. The first-order valence-electron chi connectivity index (χ1n) is 10.9. The molecule has 2 heterocycles. The summed E-state index contributed by atoms with van der Waals surface area (Å²) in [5, 5.41) is 0.404. The second kappa shape index (κ2) is 7.19. The number of fused-ring (bicyclic) bond motifs is 3. The zero-order valence-electron chi connectivity index (χ0n) is 18.0. The van der Waals surface area contributed by atoms with E-state index in [1.54, 1.807) is 73.7 Å². The zero-order chi connectivity index (χ0) is 23.8. The number of halogens is 1. The normalized spacial score (nSPS) is 24.8. The van der Waals surface area contributed by atoms with Crippen molar-refractivity contribution in [2.24, 2.45) is 11.8 Å². The van der Waals surface area contributed by atoms with E-state index in [1.165, 1.54) is 0 Å². The standard InChI is InChI=1S/C27H18ClNO5/c1-14-18(28)12-7-13-19(14)29-25(32)20-21(26(29)33)27(34-22(20)15-8-3-2-4-9-15)23(30)16-10-5-6-11-17(16)24(27)31/h2-13,20-22H,1H3. The van der Waals surface area contributed by atoms with E-state index in [2.05, 4.69) is 0 Å². The van der Waals surface area contributed by atoms with Crippen LogP contribution in [0.1, 0.15) is 37.9 Å². The number of ether oxygens (including phenoxy) is 1. The predicted molar refractivity (Wildman–Crippen MR) is 124 cm³/mol. The molecule has 1 spiro atoms. The molecular weight excluding hydrogens is 454 g/mol. The van der Waals surface area contributed by atoms with E-state index >= 15 is 0 Å². The van der Waals surface area contributed by atoms with Crippen LogP contribution in [-0.4, -0.2) is 29.0 Å². The number of rotatable bonds is 2. The average molecular weight is 472 g/mol. The highest BCUT2D eigenvalue weighted by Crippen LogP contribution is 2.57. The highest BCUT2D eigenvalue weighted by atomic mass is 35.5. The minimum atomic E-state index is -2.08. The number of ketones is 2. The van der Waals surface area contributed by atoms with Crippen molar-refractivity contribution in [2.75, 3.05) is 4.90 Å². The average Bonchev–Trinajstić information content (AvgIpc) is 3.42. The molecule has 6 nitrogen and oxygen atoms in total. The predicted octanol–water partition coefficient (Wildman–Crippen LogP) is 4.34. The Morgan fingerprint density at radius 1 is 0.794 bits per heavy atom. The lowest BCUT2D eigenvalue weighted by Crippen LogP contribution is -2.51. The molecule has 6 rings (SSSR count). The molecule has 2 saturated heterocycles. The number of hydrogen-bond donors (Lipinski definition) is 0. The number of imide groups is 1. The third-order valence-electron chi connectivity index (χ3n) is 7.13. The molecule has 0 aromatic heterocycles. The Kier molecular flexibility index (Phi) is 4.43. The van der Waals surface area contributed by atoms with E-state index < -0.39 is 46.9 Å². The largest absolute Gasteiger partial charge is 0.349 e. The first-order valence-corrected chi connectivity index (χ1v) is 11.3. The van der Waals surface area contributed by atoms with Gasteiger partial charge in [0.2, 0.25) is 29.0 Å². The van der Waals surface area contributed by atoms with Gasteiger partial charge in [0.15, 0.2) is 0 Å². The molecule has 3 aliphatic rings. The highest BCUT2D eigenvalue weighted by Gasteiger charge is 2.74. The van der Waals surface area contributed by atoms with Crippen LogP contribution in [0.5, 0.6) is 0 Å². The topological polar surface area (TPSA) is 80.8 Å². The molecule has 3 aromatic rings. The van der Waals surface area contributed by atoms with Crippen molar-refractivity contribution in [3.8, 4) is 0 Å². The van der Waals surface area contributed by atoms with Crippen molar-refractivity contribution >= 4 is 40.7 Å². The molecule has 3 atom stereocenters. The van der Waals surface area contributed by atoms with Gasteiger partial charge in [-0.05, 0) is 30.2 Å². The molecular formula is C27H18ClNO5. The summed E-state index contributed by atoms with van der Waals surface area (Å²) in [5.74, 6) is -4.61. The van der Waals surface area contributed by atoms with Crippen LogP contribution in [-0.2, 0) is 14.3 Å². The van der Waals surface area contributed by atoms with Crippen molar-refractivity contribution in [1.82, 2.24) is 0 Å². The van der Waals surface area contributed by atoms with E-state index in [0.717, 1.165) is 4.90 Å². The summed E-state index contributed by atoms with van der Waals surface area (Å²) >= 11 is 6.28. The first kappa shape index (κ1) is 21.0. The van der Waals surface area contributed by atoms with E-state index in [9.17, 15) is 19.2 Å². The number of amides is 2. The summed E-state index contributed by atoms with van der Waals surface area (Å²) in [7, 11) is 0. The minimum absolute atomic E-state index is 0.206. The molecule has 3 unspecified atom stereocenters. The Labute approximate surface area is 200 Å². The fraction of sp³-hybridized carbons (Fsp3) is 0.185. The number of carbonyl (C=O) groups is 4. The molecule has 2 aliphatic heterocycles. The second-order valence-electron chi connectivity index (χ2n) is 8.79. The SMILES string of the molecule is Cc1c(Cl)cccc1N1C(=O)C2C(c3ccccc3)OC3(C(=O)c4ccccc4C3=O)C2C1=O. The van der Waals surface area contributed by atoms with Gasteiger partial charge in [0.05, 0.1) is 23.6 Å². The Morgan fingerprint density at radius 2 is 1.41 bits per heavy atom. The molecule has 2 amide bonds. The van der Waals surface area contributed by atoms with Gasteiger partial charge in [-0.2, -0.15) is 0 Å². The maximum atomic E-state index is 13.9. The molecule has 168 valence electrons. The van der Waals surface area contributed by atoms with E-state index in [1.807, 2.05) is 6.07 Å². The smallest absolute Gasteiger partial charge is 0.241 e. The fourth-order valence-corrected chi connectivity index (χ4v) is 5.71. The van der Waals surface area contributed by atoms with Crippen molar-refractivity contribution in [1.29, 1.82) is 0 Å². The highest BCUT2D eigenvalue weighted by molar-refractivity contribution is 6.37. The number of benzene rings is 3. The van der Waals surface area contributed by atoms with Gasteiger partial charge in [0.1, 0.15) is 0 Å². The van der Waals surface area contributed by atoms with Crippen molar-refractivity contribution in [3.05, 3.63) is 100 Å². The van der Waals surface area contributed by atoms with Gasteiger partial charge >= 0.3 is 0 Å². The third-order valence-corrected chi connectivity index (χ3v) is 7.54. The van der Waals surface area contributed by atoms with E-state index in [-0.39, 0.29) is 11.1 Å². The van der Waals surface area contributed by atoms with Crippen LogP contribution in [0.4, 0.5) is 5.69 Å². The lowest BCUT2D eigenvalue weighted by molar-refractivity contribution is -0.127. The molecule has 3 aromatic carbocycles. The number of anilines is 1. The van der Waals surface area contributed by atoms with E-state index in [4.69, 9.17) is 16.3 Å². The molecule has 2 fully saturated rings. The molecule has 0 bridgehead atoms. The number of nitrogens with zero attached hydrogens (tertiary/aromatic N) is 1. The Bertz CT molecular complexity index is 1380. The number of Topliss-reactive ketones (excluding diaryl/α,β-unsaturated/α-hetero) is 2. The molecule has 34 heavy (non-hydrogen) atoms. The van der Waals surface area contributed by atoms with Crippen LogP contribution in [0.2, 0.25) is 5.02 Å². The molecule has 0 saturated carbocycles. The Balaban J connectivity index is 1.57. The second-order valence-corrected chi connectivity index (χ2v) is 9.20. The fourth-order valence-electron chi connectivity index (χ4n) is 5.54. The van der Waals surface area contributed by atoms with Crippen molar-refractivity contribution in [2.45, 2.75) is 18.6 Å². The summed E-state index contributed by atoms with van der Waals surface area (Å²) in [6.45, 7) is 1.72. The first-order chi connectivity index (χ1) is 16.4. The van der Waals surface area contributed by atoms with Gasteiger partial charge < -0.3 is 4.74 Å². The summed E-state index contributed by atoms with van der Waals surface area (Å²) in [6, 6.07) is 20.3. The molecule has 1 aliphatic carbocycles. The maximum absolute atomic E-state index is 13.9. The molecule has 0 N–H and O–H groups in total. The van der Waals surface area contributed by atoms with Crippen LogP contribution >= 0.6 is 11.6 Å². The van der Waals surface area contributed by atoms with Gasteiger partial charge in [0.25, 0.3) is 0 Å². The van der Waals surface area contributed by atoms with Crippen molar-refractivity contribution in [3.63, 3.8) is 0 Å². The number of carbonyl (C=O) groups excluding carboxylic acids is 4. The maximum Gasteiger partial charge on any atom is 0.241 e. The molecule has 7 heteroatoms. The summed E-state index contributed by atoms with van der Waals surface area (Å²) in [5.41, 5.74) is -0.145. The van der Waals surface area contributed by atoms with Crippen LogP contribution in [0, 0.1) is 18.8 Å². The molecule has 0 radical (unpaired) electrons. The quantitative estimate of drug-likeness (QED) is 0.410. The summed E-state index contributed by atoms with van der Waals surface area (Å²) in [6.07, 6.45) is -0.936. The summed E-state index contributed by atoms with van der Waals surface area (Å²) in [4.78, 5) is 56.3. The van der Waals surface area contributed by atoms with Gasteiger partial charge in [-0.1, -0.05) is 72.3 Å². The van der Waals surface area contributed by atoms with Crippen LogP contribution in [0.25, 0.3) is 0 Å². The van der Waals surface area contributed by atoms with Gasteiger partial charge in [-0.15, -0.1) is 0 Å². The zero-order valence-corrected chi connectivity index (χ0v) is 18.8. The third kappa shape index (κ3) is 2.50. The van der Waals surface area contributed by atoms with E-state index in [0.29, 0.717) is 21.8 Å². The minimum Gasteiger partial charge on any atom is -0.349 e. The van der Waals surface area contributed by atoms with Gasteiger partial charge in [0, 0.05) is 16.1 Å². The van der Waals surface area contributed by atoms with Crippen LogP contribution in [0.15, 0.2) is 72.8 Å². The van der Waals surface area contributed by atoms with Crippen molar-refractivity contribution < 1.29 is 23.9 Å². The van der Waals surface area contributed by atoms with Crippen LogP contribution in [0.3, 0.4) is 0 Å². The number of hydrogen-bond acceptors (Lipinski definition) is 5. The Hall–Kier alpha value is -3.61. The van der Waals surface area contributed by atoms with Crippen LogP contribution < -0.4 is 4.90 Å². The lowest BCUT2D eigenvalue weighted by Gasteiger charge is -2.27. The summed E-state index contributed by atoms with van der Waals surface area (Å²) < 4.78 is 6.26. The van der Waals surface area contributed by atoms with Gasteiger partial charge in [-0.25, -0.2) is 4.90 Å².